The van der Waals surface area contributed by atoms with Crippen molar-refractivity contribution in [3.8, 4) is 0 Å². The molecule has 1 N–H and O–H groups in total. The van der Waals surface area contributed by atoms with E-state index in [1.165, 1.54) is 16.7 Å². The number of carbonyl (C=O) groups is 1. The molecule has 25 heavy (non-hydrogen) atoms. The van der Waals surface area contributed by atoms with Crippen LogP contribution in [0.2, 0.25) is 0 Å². The highest BCUT2D eigenvalue weighted by atomic mass is 32.2. The molecule has 1 aliphatic rings. The number of nitrogens with one attached hydrogen (secondary N) is 1. The van der Waals surface area contributed by atoms with Crippen molar-refractivity contribution in [3.05, 3.63) is 52.3 Å². The predicted molar refractivity (Wildman–Crippen MR) is 104 cm³/mol. The molecule has 1 aromatic heterocycles. The highest BCUT2D eigenvalue weighted by Gasteiger charge is 2.23. The van der Waals surface area contributed by atoms with Crippen LogP contribution in [-0.4, -0.2) is 39.8 Å². The number of amides is 1. The number of rotatable bonds is 4. The minimum absolute atomic E-state index is 0.269. The first-order chi connectivity index (χ1) is 12.1. The molecule has 0 saturated carbocycles. The lowest BCUT2D eigenvalue weighted by Gasteiger charge is -2.21. The van der Waals surface area contributed by atoms with Crippen molar-refractivity contribution >= 4 is 17.7 Å². The van der Waals surface area contributed by atoms with E-state index in [1.807, 2.05) is 25.6 Å². The Bertz CT molecular complexity index is 721. The topological polar surface area (TPSA) is 49.0 Å². The number of benzene rings is 1. The van der Waals surface area contributed by atoms with Gasteiger partial charge in [-0.15, -0.1) is 0 Å². The van der Waals surface area contributed by atoms with E-state index in [4.69, 9.17) is 0 Å². The number of aromatic nitrogens is 2. The number of aryl methyl sites for hydroxylation is 3. The van der Waals surface area contributed by atoms with Crippen molar-refractivity contribution in [1.82, 2.24) is 15.1 Å². The van der Waals surface area contributed by atoms with Crippen molar-refractivity contribution < 1.29 is 4.79 Å². The molecule has 1 unspecified atom stereocenters. The Kier molecular flexibility index (Phi) is 5.84. The maximum absolute atomic E-state index is 12.7. The van der Waals surface area contributed by atoms with Gasteiger partial charge in [0.05, 0.1) is 5.69 Å². The second-order valence-electron chi connectivity index (χ2n) is 6.80. The molecule has 1 aliphatic heterocycles. The smallest absolute Gasteiger partial charge is 0.222 e. The molecule has 0 aliphatic carbocycles. The van der Waals surface area contributed by atoms with Gasteiger partial charge in [-0.3, -0.25) is 9.89 Å². The van der Waals surface area contributed by atoms with Crippen molar-refractivity contribution in [2.24, 2.45) is 0 Å². The number of hydrogen-bond donors (Lipinski definition) is 1. The van der Waals surface area contributed by atoms with E-state index in [0.717, 1.165) is 43.1 Å². The quantitative estimate of drug-likeness (QED) is 0.900. The van der Waals surface area contributed by atoms with Gasteiger partial charge in [-0.05, 0) is 50.3 Å². The Balaban J connectivity index is 1.57. The van der Waals surface area contributed by atoms with Gasteiger partial charge in [-0.1, -0.05) is 24.3 Å². The largest absolute Gasteiger partial charge is 0.342 e. The van der Waals surface area contributed by atoms with Gasteiger partial charge in [-0.2, -0.15) is 16.9 Å². The minimum Gasteiger partial charge on any atom is -0.342 e. The maximum atomic E-state index is 12.7. The molecule has 0 bridgehead atoms. The molecule has 1 fully saturated rings. The van der Waals surface area contributed by atoms with Crippen LogP contribution >= 0.6 is 11.8 Å². The zero-order valence-electron chi connectivity index (χ0n) is 15.3. The summed E-state index contributed by atoms with van der Waals surface area (Å²) in [4.78, 5) is 14.7. The Morgan fingerprint density at radius 1 is 1.28 bits per heavy atom. The number of aromatic amines is 1. The normalized spacial score (nSPS) is 18.2. The number of nitrogens with zero attached hydrogens (tertiary/aromatic N) is 2. The average Bonchev–Trinajstić information content (AvgIpc) is 2.79. The molecule has 0 spiro atoms. The van der Waals surface area contributed by atoms with E-state index >= 15 is 0 Å². The van der Waals surface area contributed by atoms with Crippen molar-refractivity contribution in [2.45, 2.75) is 45.3 Å². The van der Waals surface area contributed by atoms with Crippen LogP contribution in [0.4, 0.5) is 0 Å². The van der Waals surface area contributed by atoms with Crippen LogP contribution in [0, 0.1) is 20.8 Å². The van der Waals surface area contributed by atoms with Gasteiger partial charge in [0.15, 0.2) is 0 Å². The fraction of sp³-hybridized carbons (Fsp3) is 0.500. The van der Waals surface area contributed by atoms with E-state index in [9.17, 15) is 4.79 Å². The summed E-state index contributed by atoms with van der Waals surface area (Å²) in [6, 6.07) is 8.62. The van der Waals surface area contributed by atoms with Gasteiger partial charge in [-0.25, -0.2) is 0 Å². The molecule has 2 heterocycles. The highest BCUT2D eigenvalue weighted by Crippen LogP contribution is 2.36. The maximum Gasteiger partial charge on any atom is 0.222 e. The van der Waals surface area contributed by atoms with Gasteiger partial charge >= 0.3 is 0 Å². The molecule has 1 aromatic carbocycles. The van der Waals surface area contributed by atoms with Crippen molar-refractivity contribution in [3.63, 3.8) is 0 Å². The first-order valence-corrected chi connectivity index (χ1v) is 10.1. The standard InChI is InChI=1S/C20H27N3OS/c1-14-6-4-5-7-17(14)19-10-11-23(12-13-25-19)20(24)9-8-18-15(2)21-22-16(18)3/h4-7,19H,8-13H2,1-3H3,(H,21,22). The average molecular weight is 358 g/mol. The number of carbonyl (C=O) groups excluding carboxylic acids is 1. The lowest BCUT2D eigenvalue weighted by molar-refractivity contribution is -0.130. The molecule has 1 atom stereocenters. The van der Waals surface area contributed by atoms with E-state index < -0.39 is 0 Å². The molecule has 1 saturated heterocycles. The number of H-pyrrole nitrogens is 1. The Labute approximate surface area is 154 Å². The minimum atomic E-state index is 0.269. The van der Waals surface area contributed by atoms with Crippen LogP contribution in [-0.2, 0) is 11.2 Å². The first-order valence-electron chi connectivity index (χ1n) is 9.01. The fourth-order valence-electron chi connectivity index (χ4n) is 3.55. The molecule has 2 aromatic rings. The summed E-state index contributed by atoms with van der Waals surface area (Å²) < 4.78 is 0. The molecule has 4 nitrogen and oxygen atoms in total. The number of thioether (sulfide) groups is 1. The molecule has 1 amide bonds. The lowest BCUT2D eigenvalue weighted by atomic mass is 10.0. The Morgan fingerprint density at radius 2 is 2.08 bits per heavy atom. The fourth-order valence-corrected chi connectivity index (χ4v) is 4.87. The highest BCUT2D eigenvalue weighted by molar-refractivity contribution is 7.99. The van der Waals surface area contributed by atoms with Crippen molar-refractivity contribution in [1.29, 1.82) is 0 Å². The first kappa shape index (κ1) is 18.1. The van der Waals surface area contributed by atoms with Crippen LogP contribution in [0.25, 0.3) is 0 Å². The SMILES string of the molecule is Cc1ccccc1C1CCN(C(=O)CCc2c(C)n[nH]c2C)CCS1. The Hall–Kier alpha value is -1.75. The summed E-state index contributed by atoms with van der Waals surface area (Å²) in [6.45, 7) is 7.91. The molecule has 3 rings (SSSR count). The summed E-state index contributed by atoms with van der Waals surface area (Å²) in [6.07, 6.45) is 2.38. The van der Waals surface area contributed by atoms with Crippen LogP contribution in [0.15, 0.2) is 24.3 Å². The monoisotopic (exact) mass is 357 g/mol. The zero-order valence-corrected chi connectivity index (χ0v) is 16.2. The van der Waals surface area contributed by atoms with Gasteiger partial charge in [0.25, 0.3) is 0 Å². The summed E-state index contributed by atoms with van der Waals surface area (Å²) in [7, 11) is 0. The van der Waals surface area contributed by atoms with Crippen LogP contribution in [0.5, 0.6) is 0 Å². The van der Waals surface area contributed by atoms with Crippen molar-refractivity contribution in [2.75, 3.05) is 18.8 Å². The van der Waals surface area contributed by atoms with Gasteiger partial charge in [0.2, 0.25) is 5.91 Å². The summed E-state index contributed by atoms with van der Waals surface area (Å²) in [5.41, 5.74) is 6.06. The van der Waals surface area contributed by atoms with Gasteiger partial charge < -0.3 is 4.90 Å². The third-order valence-electron chi connectivity index (χ3n) is 5.10. The second-order valence-corrected chi connectivity index (χ2v) is 8.11. The Morgan fingerprint density at radius 3 is 2.80 bits per heavy atom. The van der Waals surface area contributed by atoms with E-state index in [1.54, 1.807) is 0 Å². The summed E-state index contributed by atoms with van der Waals surface area (Å²) >= 11 is 1.98. The van der Waals surface area contributed by atoms with E-state index in [0.29, 0.717) is 11.7 Å². The van der Waals surface area contributed by atoms with Crippen LogP contribution in [0.3, 0.4) is 0 Å². The second kappa shape index (κ2) is 8.09. The summed E-state index contributed by atoms with van der Waals surface area (Å²) in [5.74, 6) is 1.28. The zero-order chi connectivity index (χ0) is 17.8. The third kappa shape index (κ3) is 4.27. The summed E-state index contributed by atoms with van der Waals surface area (Å²) in [5, 5.41) is 7.72. The molecule has 5 heteroatoms. The molecular weight excluding hydrogens is 330 g/mol. The molecular formula is C20H27N3OS. The van der Waals surface area contributed by atoms with Gasteiger partial charge in [0, 0.05) is 36.2 Å². The number of hydrogen-bond acceptors (Lipinski definition) is 3. The lowest BCUT2D eigenvalue weighted by Crippen LogP contribution is -2.33. The van der Waals surface area contributed by atoms with Crippen LogP contribution < -0.4 is 0 Å². The van der Waals surface area contributed by atoms with E-state index in [2.05, 4.69) is 46.3 Å². The third-order valence-corrected chi connectivity index (χ3v) is 6.41. The molecule has 134 valence electrons. The van der Waals surface area contributed by atoms with Crippen LogP contribution in [0.1, 0.15) is 46.2 Å². The molecule has 0 radical (unpaired) electrons. The predicted octanol–water partition coefficient (Wildman–Crippen LogP) is 3.97. The van der Waals surface area contributed by atoms with E-state index in [-0.39, 0.29) is 5.91 Å². The van der Waals surface area contributed by atoms with Gasteiger partial charge in [0.1, 0.15) is 0 Å².